The van der Waals surface area contributed by atoms with Crippen molar-refractivity contribution in [2.24, 2.45) is 11.8 Å². The summed E-state index contributed by atoms with van der Waals surface area (Å²) in [4.78, 5) is 15.1. The number of aliphatic hydroxyl groups is 1. The zero-order chi connectivity index (χ0) is 16.4. The first-order chi connectivity index (χ1) is 11.0. The highest BCUT2D eigenvalue weighted by atomic mass is 32.2. The Morgan fingerprint density at radius 1 is 1.35 bits per heavy atom. The van der Waals surface area contributed by atoms with Gasteiger partial charge in [0.15, 0.2) is 0 Å². The Kier molecular flexibility index (Phi) is 5.29. The number of hydrogen-bond donors (Lipinski definition) is 2. The molecule has 1 saturated carbocycles. The number of rotatable bonds is 4. The molecule has 23 heavy (non-hydrogen) atoms. The van der Waals surface area contributed by atoms with Crippen molar-refractivity contribution in [1.29, 1.82) is 0 Å². The van der Waals surface area contributed by atoms with Crippen molar-refractivity contribution in [3.8, 4) is 0 Å². The van der Waals surface area contributed by atoms with Gasteiger partial charge in [0.05, 0.1) is 12.1 Å². The van der Waals surface area contributed by atoms with Crippen LogP contribution >= 0.6 is 11.8 Å². The molecular formula is C18H26N2O2S. The normalized spacial score (nSPS) is 30.9. The van der Waals surface area contributed by atoms with E-state index in [1.807, 2.05) is 0 Å². The molecule has 0 spiro atoms. The van der Waals surface area contributed by atoms with Crippen LogP contribution in [0, 0.1) is 11.8 Å². The quantitative estimate of drug-likeness (QED) is 0.828. The minimum Gasteiger partial charge on any atom is -0.391 e. The number of carbonyl (C=O) groups is 1. The van der Waals surface area contributed by atoms with Gasteiger partial charge in [-0.15, -0.1) is 11.8 Å². The van der Waals surface area contributed by atoms with Crippen molar-refractivity contribution in [3.05, 3.63) is 29.8 Å². The van der Waals surface area contributed by atoms with Crippen molar-refractivity contribution in [2.45, 2.75) is 43.4 Å². The molecule has 4 nitrogen and oxygen atoms in total. The molecule has 3 rings (SSSR count). The molecule has 1 heterocycles. The summed E-state index contributed by atoms with van der Waals surface area (Å²) in [5.74, 6) is 1.09. The van der Waals surface area contributed by atoms with E-state index in [9.17, 15) is 9.90 Å². The maximum absolute atomic E-state index is 11.3. The maximum atomic E-state index is 11.3. The molecule has 1 saturated heterocycles. The molecule has 126 valence electrons. The minimum atomic E-state index is -0.403. The lowest BCUT2D eigenvalue weighted by atomic mass is 9.77. The third-order valence-corrected chi connectivity index (χ3v) is 5.87. The molecule has 1 aliphatic carbocycles. The van der Waals surface area contributed by atoms with Crippen LogP contribution in [-0.4, -0.2) is 47.4 Å². The first-order valence-electron chi connectivity index (χ1n) is 8.35. The Balaban J connectivity index is 1.60. The summed E-state index contributed by atoms with van der Waals surface area (Å²) in [6.07, 6.45) is 3.40. The molecule has 0 aromatic heterocycles. The van der Waals surface area contributed by atoms with Crippen LogP contribution in [0.25, 0.3) is 0 Å². The largest absolute Gasteiger partial charge is 0.391 e. The first-order valence-corrected chi connectivity index (χ1v) is 9.58. The Morgan fingerprint density at radius 3 is 2.78 bits per heavy atom. The third-order valence-electron chi connectivity index (χ3n) is 5.15. The Morgan fingerprint density at radius 2 is 2.09 bits per heavy atom. The van der Waals surface area contributed by atoms with Crippen LogP contribution < -0.4 is 5.32 Å². The van der Waals surface area contributed by atoms with Gasteiger partial charge in [-0.3, -0.25) is 9.69 Å². The molecule has 1 aromatic rings. The van der Waals surface area contributed by atoms with Gasteiger partial charge in [0.2, 0.25) is 5.91 Å². The van der Waals surface area contributed by atoms with Crippen LogP contribution in [-0.2, 0) is 11.3 Å². The van der Waals surface area contributed by atoms with Crippen molar-refractivity contribution in [3.63, 3.8) is 0 Å². The number of nitrogens with one attached hydrogen (secondary N) is 1. The van der Waals surface area contributed by atoms with Crippen LogP contribution in [0.4, 0.5) is 0 Å². The van der Waals surface area contributed by atoms with E-state index in [1.165, 1.54) is 17.4 Å². The predicted octanol–water partition coefficient (Wildman–Crippen LogP) is 2.12. The van der Waals surface area contributed by atoms with E-state index in [0.717, 1.165) is 32.5 Å². The molecule has 2 fully saturated rings. The molecule has 0 bridgehead atoms. The molecule has 0 radical (unpaired) electrons. The fourth-order valence-corrected chi connectivity index (χ4v) is 4.59. The van der Waals surface area contributed by atoms with E-state index in [2.05, 4.69) is 40.7 Å². The van der Waals surface area contributed by atoms with E-state index >= 15 is 0 Å². The summed E-state index contributed by atoms with van der Waals surface area (Å²) in [5, 5.41) is 13.2. The number of benzene rings is 1. The van der Waals surface area contributed by atoms with Crippen molar-refractivity contribution >= 4 is 17.7 Å². The number of aliphatic hydroxyl groups excluding tert-OH is 1. The lowest BCUT2D eigenvalue weighted by Crippen LogP contribution is -2.48. The van der Waals surface area contributed by atoms with Crippen LogP contribution in [0.2, 0.25) is 0 Å². The average Bonchev–Trinajstić information content (AvgIpc) is 2.88. The van der Waals surface area contributed by atoms with Gasteiger partial charge in [0.25, 0.3) is 0 Å². The number of nitrogens with zero attached hydrogens (tertiary/aromatic N) is 1. The highest BCUT2D eigenvalue weighted by molar-refractivity contribution is 7.98. The Labute approximate surface area is 142 Å². The maximum Gasteiger partial charge on any atom is 0.217 e. The Bertz CT molecular complexity index is 566. The molecule has 2 N–H and O–H groups in total. The van der Waals surface area contributed by atoms with Gasteiger partial charge in [-0.2, -0.15) is 0 Å². The number of carbonyl (C=O) groups excluding carboxylic acids is 1. The molecule has 1 aromatic carbocycles. The third kappa shape index (κ3) is 4.08. The Hall–Kier alpha value is -1.04. The second kappa shape index (κ2) is 7.24. The predicted molar refractivity (Wildman–Crippen MR) is 93.3 cm³/mol. The monoisotopic (exact) mass is 334 g/mol. The zero-order valence-corrected chi connectivity index (χ0v) is 14.7. The van der Waals surface area contributed by atoms with Gasteiger partial charge in [0, 0.05) is 31.5 Å². The van der Waals surface area contributed by atoms with Crippen molar-refractivity contribution < 1.29 is 9.90 Å². The van der Waals surface area contributed by atoms with Gasteiger partial charge in [-0.25, -0.2) is 0 Å². The van der Waals surface area contributed by atoms with Gasteiger partial charge in [-0.1, -0.05) is 12.1 Å². The minimum absolute atomic E-state index is 0.0452. The second-order valence-corrected chi connectivity index (χ2v) is 7.79. The van der Waals surface area contributed by atoms with Gasteiger partial charge in [0.1, 0.15) is 0 Å². The number of fused-ring (bicyclic) bond motifs is 1. The van der Waals surface area contributed by atoms with E-state index < -0.39 is 6.10 Å². The highest BCUT2D eigenvalue weighted by Crippen LogP contribution is 2.37. The first kappa shape index (κ1) is 16.8. The van der Waals surface area contributed by atoms with Gasteiger partial charge < -0.3 is 10.4 Å². The lowest BCUT2D eigenvalue weighted by Gasteiger charge is -2.35. The van der Waals surface area contributed by atoms with Crippen molar-refractivity contribution in [2.75, 3.05) is 19.3 Å². The van der Waals surface area contributed by atoms with Crippen LogP contribution in [0.15, 0.2) is 29.2 Å². The zero-order valence-electron chi connectivity index (χ0n) is 13.9. The summed E-state index contributed by atoms with van der Waals surface area (Å²) in [7, 11) is 0. The molecule has 1 amide bonds. The smallest absolute Gasteiger partial charge is 0.217 e. The standard InChI is InChI=1S/C18H26N2O2S/c1-12(21)19-17-7-14-10-20(11-15(14)8-18(17)22)9-13-4-3-5-16(6-13)23-2/h3-6,14-15,17-18,22H,7-11H2,1-2H3,(H,19,21)/t14-,15+,17-,18-/m1/s1. The van der Waals surface area contributed by atoms with E-state index in [0.29, 0.717) is 11.8 Å². The van der Waals surface area contributed by atoms with E-state index in [1.54, 1.807) is 11.8 Å². The summed E-state index contributed by atoms with van der Waals surface area (Å²) in [6, 6.07) is 8.65. The fraction of sp³-hybridized carbons (Fsp3) is 0.611. The topological polar surface area (TPSA) is 52.6 Å². The summed E-state index contributed by atoms with van der Waals surface area (Å²) in [6.45, 7) is 4.62. The van der Waals surface area contributed by atoms with Crippen LogP contribution in [0.5, 0.6) is 0 Å². The van der Waals surface area contributed by atoms with Crippen LogP contribution in [0.3, 0.4) is 0 Å². The number of hydrogen-bond acceptors (Lipinski definition) is 4. The average molecular weight is 334 g/mol. The number of amides is 1. The highest BCUT2D eigenvalue weighted by Gasteiger charge is 2.41. The lowest BCUT2D eigenvalue weighted by molar-refractivity contribution is -0.121. The summed E-state index contributed by atoms with van der Waals surface area (Å²) < 4.78 is 0. The second-order valence-electron chi connectivity index (χ2n) is 6.91. The van der Waals surface area contributed by atoms with Crippen LogP contribution in [0.1, 0.15) is 25.3 Å². The van der Waals surface area contributed by atoms with E-state index in [4.69, 9.17) is 0 Å². The van der Waals surface area contributed by atoms with Gasteiger partial charge >= 0.3 is 0 Å². The number of thioether (sulfide) groups is 1. The molecule has 2 aliphatic rings. The molecule has 1 aliphatic heterocycles. The SMILES string of the molecule is CSc1cccc(CN2C[C@H]3C[C@@H](NC(C)=O)[C@H](O)C[C@H]3C2)c1. The van der Waals surface area contributed by atoms with Gasteiger partial charge in [-0.05, 0) is 48.6 Å². The summed E-state index contributed by atoms with van der Waals surface area (Å²) >= 11 is 1.78. The summed E-state index contributed by atoms with van der Waals surface area (Å²) in [5.41, 5.74) is 1.36. The molecule has 5 heteroatoms. The molecular weight excluding hydrogens is 308 g/mol. The van der Waals surface area contributed by atoms with Crippen molar-refractivity contribution in [1.82, 2.24) is 10.2 Å². The van der Waals surface area contributed by atoms with E-state index in [-0.39, 0.29) is 11.9 Å². The fourth-order valence-electron chi connectivity index (χ4n) is 4.10. The molecule has 4 atom stereocenters. The number of likely N-dealkylation sites (tertiary alicyclic amines) is 1. The molecule has 0 unspecified atom stereocenters.